The molecule has 3 rings (SSSR count). The first kappa shape index (κ1) is 13.1. The Kier molecular flexibility index (Phi) is 3.68. The van der Waals surface area contributed by atoms with E-state index in [1.54, 1.807) is 17.1 Å². The normalized spacial score (nSPS) is 25.7. The Morgan fingerprint density at radius 3 is 3.15 bits per heavy atom. The van der Waals surface area contributed by atoms with E-state index in [2.05, 4.69) is 15.7 Å². The Hall–Kier alpha value is -1.89. The predicted octanol–water partition coefficient (Wildman–Crippen LogP) is 0.279. The van der Waals surface area contributed by atoms with Gasteiger partial charge in [-0.2, -0.15) is 5.10 Å². The highest BCUT2D eigenvalue weighted by Gasteiger charge is 2.27. The van der Waals surface area contributed by atoms with Gasteiger partial charge in [-0.1, -0.05) is 0 Å². The quantitative estimate of drug-likeness (QED) is 0.828. The van der Waals surface area contributed by atoms with Crippen LogP contribution in [0.4, 0.5) is 5.69 Å². The lowest BCUT2D eigenvalue weighted by Gasteiger charge is -2.10. The summed E-state index contributed by atoms with van der Waals surface area (Å²) in [7, 11) is 0. The van der Waals surface area contributed by atoms with Crippen LogP contribution in [0.3, 0.4) is 0 Å². The molecule has 1 aromatic rings. The molecule has 108 valence electrons. The zero-order valence-electron chi connectivity index (χ0n) is 11.2. The van der Waals surface area contributed by atoms with E-state index in [-0.39, 0.29) is 17.9 Å². The molecule has 0 bridgehead atoms. The lowest BCUT2D eigenvalue weighted by molar-refractivity contribution is -0.122. The smallest absolute Gasteiger partial charge is 0.247 e. The van der Waals surface area contributed by atoms with Crippen LogP contribution in [0.5, 0.6) is 0 Å². The van der Waals surface area contributed by atoms with Gasteiger partial charge in [0.1, 0.15) is 6.04 Å². The number of ether oxygens (including phenoxy) is 1. The molecule has 1 aromatic heterocycles. The maximum Gasteiger partial charge on any atom is 0.247 e. The van der Waals surface area contributed by atoms with Gasteiger partial charge in [0.15, 0.2) is 0 Å². The summed E-state index contributed by atoms with van der Waals surface area (Å²) >= 11 is 0. The Morgan fingerprint density at radius 2 is 2.45 bits per heavy atom. The molecule has 2 atom stereocenters. The highest BCUT2D eigenvalue weighted by atomic mass is 16.5. The lowest BCUT2D eigenvalue weighted by atomic mass is 10.2. The molecule has 20 heavy (non-hydrogen) atoms. The van der Waals surface area contributed by atoms with Gasteiger partial charge in [0.25, 0.3) is 0 Å². The highest BCUT2D eigenvalue weighted by Crippen LogP contribution is 2.15. The van der Waals surface area contributed by atoms with Crippen molar-refractivity contribution >= 4 is 17.5 Å². The van der Waals surface area contributed by atoms with E-state index < -0.39 is 6.04 Å². The second kappa shape index (κ2) is 5.62. The van der Waals surface area contributed by atoms with Crippen molar-refractivity contribution in [3.63, 3.8) is 0 Å². The number of anilines is 1. The first-order valence-corrected chi connectivity index (χ1v) is 6.95. The fourth-order valence-corrected chi connectivity index (χ4v) is 2.57. The minimum absolute atomic E-state index is 0.0702. The molecule has 0 spiro atoms. The number of nitrogens with zero attached hydrogens (tertiary/aromatic N) is 2. The standard InChI is InChI=1S/C13H18N4O3/c18-12-4-3-11(16-12)13(19)15-9-6-14-17(7-9)8-10-2-1-5-20-10/h6-7,10-11H,1-5,8H2,(H,15,19)(H,16,18). The van der Waals surface area contributed by atoms with Crippen molar-refractivity contribution in [1.82, 2.24) is 15.1 Å². The molecular weight excluding hydrogens is 260 g/mol. The highest BCUT2D eigenvalue weighted by molar-refractivity contribution is 5.98. The minimum Gasteiger partial charge on any atom is -0.376 e. The van der Waals surface area contributed by atoms with Crippen molar-refractivity contribution in [2.75, 3.05) is 11.9 Å². The summed E-state index contributed by atoms with van der Waals surface area (Å²) in [6.45, 7) is 1.52. The van der Waals surface area contributed by atoms with Crippen LogP contribution in [0.1, 0.15) is 25.7 Å². The van der Waals surface area contributed by atoms with E-state index >= 15 is 0 Å². The summed E-state index contributed by atoms with van der Waals surface area (Å²) < 4.78 is 7.32. The maximum atomic E-state index is 11.9. The topological polar surface area (TPSA) is 85.2 Å². The molecule has 7 heteroatoms. The molecule has 2 amide bonds. The van der Waals surface area contributed by atoms with Crippen LogP contribution in [-0.4, -0.2) is 40.3 Å². The van der Waals surface area contributed by atoms with Crippen LogP contribution in [-0.2, 0) is 20.9 Å². The van der Waals surface area contributed by atoms with Gasteiger partial charge in [-0.25, -0.2) is 0 Å². The molecule has 2 N–H and O–H groups in total. The molecule has 0 aromatic carbocycles. The van der Waals surface area contributed by atoms with E-state index in [9.17, 15) is 9.59 Å². The Labute approximate surface area is 116 Å². The van der Waals surface area contributed by atoms with Crippen LogP contribution in [0, 0.1) is 0 Å². The van der Waals surface area contributed by atoms with Crippen LogP contribution in [0.2, 0.25) is 0 Å². The zero-order valence-corrected chi connectivity index (χ0v) is 11.2. The molecular formula is C13H18N4O3. The molecule has 2 saturated heterocycles. The molecule has 0 radical (unpaired) electrons. The van der Waals surface area contributed by atoms with Crippen molar-refractivity contribution < 1.29 is 14.3 Å². The number of hydrogen-bond donors (Lipinski definition) is 2. The number of aromatic nitrogens is 2. The zero-order chi connectivity index (χ0) is 13.9. The van der Waals surface area contributed by atoms with E-state index in [4.69, 9.17) is 4.74 Å². The van der Waals surface area contributed by atoms with E-state index in [1.165, 1.54) is 0 Å². The Bertz CT molecular complexity index is 507. The third-order valence-corrected chi connectivity index (χ3v) is 3.63. The van der Waals surface area contributed by atoms with Crippen molar-refractivity contribution in [2.45, 2.75) is 44.4 Å². The third kappa shape index (κ3) is 2.98. The molecule has 0 saturated carbocycles. The van der Waals surface area contributed by atoms with Gasteiger partial charge in [0.2, 0.25) is 11.8 Å². The summed E-state index contributed by atoms with van der Waals surface area (Å²) in [6, 6.07) is -0.427. The van der Waals surface area contributed by atoms with Crippen LogP contribution < -0.4 is 10.6 Å². The van der Waals surface area contributed by atoms with Gasteiger partial charge in [-0.3, -0.25) is 14.3 Å². The second-order valence-electron chi connectivity index (χ2n) is 5.23. The minimum atomic E-state index is -0.427. The molecule has 3 heterocycles. The van der Waals surface area contributed by atoms with Crippen molar-refractivity contribution in [2.24, 2.45) is 0 Å². The number of rotatable bonds is 4. The molecule has 2 aliphatic rings. The molecule has 2 aliphatic heterocycles. The number of nitrogens with one attached hydrogen (secondary N) is 2. The fraction of sp³-hybridized carbons (Fsp3) is 0.615. The predicted molar refractivity (Wildman–Crippen MR) is 71.0 cm³/mol. The van der Waals surface area contributed by atoms with E-state index in [0.29, 0.717) is 25.1 Å². The summed E-state index contributed by atoms with van der Waals surface area (Å²) in [5, 5.41) is 9.62. The van der Waals surface area contributed by atoms with Gasteiger partial charge in [-0.05, 0) is 19.3 Å². The number of carbonyl (C=O) groups excluding carboxylic acids is 2. The fourth-order valence-electron chi connectivity index (χ4n) is 2.57. The van der Waals surface area contributed by atoms with Gasteiger partial charge in [-0.15, -0.1) is 0 Å². The Morgan fingerprint density at radius 1 is 1.55 bits per heavy atom. The van der Waals surface area contributed by atoms with Crippen molar-refractivity contribution in [3.05, 3.63) is 12.4 Å². The SMILES string of the molecule is O=C1CCC(C(=O)Nc2cnn(CC3CCCO3)c2)N1. The van der Waals surface area contributed by atoms with Crippen LogP contribution in [0.25, 0.3) is 0 Å². The number of amides is 2. The first-order valence-electron chi connectivity index (χ1n) is 6.95. The first-order chi connectivity index (χ1) is 9.70. The second-order valence-corrected chi connectivity index (χ2v) is 5.23. The summed E-state index contributed by atoms with van der Waals surface area (Å²) in [6.07, 6.45) is 6.73. The molecule has 2 fully saturated rings. The maximum absolute atomic E-state index is 11.9. The van der Waals surface area contributed by atoms with E-state index in [1.807, 2.05) is 0 Å². The van der Waals surface area contributed by atoms with Crippen molar-refractivity contribution in [3.8, 4) is 0 Å². The Balaban J connectivity index is 1.53. The van der Waals surface area contributed by atoms with Crippen LogP contribution >= 0.6 is 0 Å². The van der Waals surface area contributed by atoms with Crippen molar-refractivity contribution in [1.29, 1.82) is 0 Å². The summed E-state index contributed by atoms with van der Waals surface area (Å²) in [5.74, 6) is -0.258. The molecule has 7 nitrogen and oxygen atoms in total. The third-order valence-electron chi connectivity index (χ3n) is 3.63. The molecule has 2 unspecified atom stereocenters. The van der Waals surface area contributed by atoms with Gasteiger partial charge in [0.05, 0.1) is 24.5 Å². The summed E-state index contributed by atoms with van der Waals surface area (Å²) in [5.41, 5.74) is 0.647. The van der Waals surface area contributed by atoms with Crippen LogP contribution in [0.15, 0.2) is 12.4 Å². The average molecular weight is 278 g/mol. The summed E-state index contributed by atoms with van der Waals surface area (Å²) in [4.78, 5) is 23.0. The monoisotopic (exact) mass is 278 g/mol. The van der Waals surface area contributed by atoms with Gasteiger partial charge >= 0.3 is 0 Å². The van der Waals surface area contributed by atoms with Gasteiger partial charge in [0, 0.05) is 19.2 Å². The number of carbonyl (C=O) groups is 2. The largest absolute Gasteiger partial charge is 0.376 e. The lowest BCUT2D eigenvalue weighted by Crippen LogP contribution is -2.37. The van der Waals surface area contributed by atoms with E-state index in [0.717, 1.165) is 19.4 Å². The number of hydrogen-bond acceptors (Lipinski definition) is 4. The molecule has 0 aliphatic carbocycles. The van der Waals surface area contributed by atoms with Gasteiger partial charge < -0.3 is 15.4 Å². The average Bonchev–Trinajstić information content (AvgIpc) is 3.13.